The van der Waals surface area contributed by atoms with Gasteiger partial charge >= 0.3 is 5.97 Å². The highest BCUT2D eigenvalue weighted by atomic mass is 31.0. The molecule has 190 valence electrons. The molecule has 2 aromatic heterocycles. The normalized spacial score (nSPS) is 17.9. The third kappa shape index (κ3) is 5.62. The molecule has 0 amide bonds. The summed E-state index contributed by atoms with van der Waals surface area (Å²) in [6.07, 6.45) is 9.28. The van der Waals surface area contributed by atoms with Crippen molar-refractivity contribution in [2.45, 2.75) is 51.7 Å². The predicted octanol–water partition coefficient (Wildman–Crippen LogP) is 5.38. The number of allylic oxidation sites excluding steroid dienone is 1. The van der Waals surface area contributed by atoms with Crippen molar-refractivity contribution in [3.63, 3.8) is 0 Å². The van der Waals surface area contributed by atoms with E-state index in [1.807, 2.05) is 50.4 Å². The van der Waals surface area contributed by atoms with Gasteiger partial charge in [0.15, 0.2) is 5.82 Å². The lowest BCUT2D eigenvalue weighted by Crippen LogP contribution is -2.26. The highest BCUT2D eigenvalue weighted by molar-refractivity contribution is 7.19. The van der Waals surface area contributed by atoms with Crippen LogP contribution in [0.2, 0.25) is 0 Å². The summed E-state index contributed by atoms with van der Waals surface area (Å²) < 4.78 is 7.02. The van der Waals surface area contributed by atoms with E-state index < -0.39 is 0 Å². The summed E-state index contributed by atoms with van der Waals surface area (Å²) in [6.45, 7) is 10.3. The molecule has 0 saturated carbocycles. The van der Waals surface area contributed by atoms with E-state index in [-0.39, 0.29) is 17.2 Å². The van der Waals surface area contributed by atoms with Crippen molar-refractivity contribution in [1.29, 1.82) is 0 Å². The molecule has 7 nitrogen and oxygen atoms in total. The van der Waals surface area contributed by atoms with Gasteiger partial charge in [-0.3, -0.25) is 4.68 Å². The molecule has 1 aromatic carbocycles. The molecule has 8 heteroatoms. The molecule has 3 heterocycles. The molecule has 36 heavy (non-hydrogen) atoms. The number of hydrogen-bond acceptors (Lipinski definition) is 6. The summed E-state index contributed by atoms with van der Waals surface area (Å²) in [5.74, 6) is 0.493. The molecule has 0 spiro atoms. The third-order valence-corrected chi connectivity index (χ3v) is 6.95. The fourth-order valence-corrected chi connectivity index (χ4v) is 4.88. The molecule has 1 aliphatic rings. The molecule has 1 fully saturated rings. The fraction of sp³-hybridized carbons (Fsp3) is 0.393. The monoisotopic (exact) mass is 505 g/mol. The second-order valence-electron chi connectivity index (χ2n) is 9.91. The van der Waals surface area contributed by atoms with Crippen molar-refractivity contribution >= 4 is 32.8 Å². The molecular weight excluding hydrogens is 469 g/mol. The van der Waals surface area contributed by atoms with E-state index in [1.165, 1.54) is 0 Å². The van der Waals surface area contributed by atoms with Crippen LogP contribution in [0.4, 0.5) is 11.5 Å². The van der Waals surface area contributed by atoms with Gasteiger partial charge in [-0.1, -0.05) is 37.3 Å². The van der Waals surface area contributed by atoms with Crippen molar-refractivity contribution in [1.82, 2.24) is 14.8 Å². The Kier molecular flexibility index (Phi) is 7.79. The number of esters is 1. The Morgan fingerprint density at radius 3 is 2.75 bits per heavy atom. The van der Waals surface area contributed by atoms with E-state index in [9.17, 15) is 4.79 Å². The Morgan fingerprint density at radius 1 is 1.28 bits per heavy atom. The molecular formula is C28H36N5O2P. The maximum Gasteiger partial charge on any atom is 0.341 e. The lowest BCUT2D eigenvalue weighted by Gasteiger charge is -2.23. The minimum atomic E-state index is -0.356. The number of carbonyl (C=O) groups is 1. The summed E-state index contributed by atoms with van der Waals surface area (Å²) in [6, 6.07) is 10.4. The highest BCUT2D eigenvalue weighted by Gasteiger charge is 2.31. The summed E-state index contributed by atoms with van der Waals surface area (Å²) in [5, 5.41) is 4.78. The van der Waals surface area contributed by atoms with E-state index in [1.54, 1.807) is 17.8 Å². The fourth-order valence-electron chi connectivity index (χ4n) is 4.53. The summed E-state index contributed by atoms with van der Waals surface area (Å²) >= 11 is 0. The van der Waals surface area contributed by atoms with Gasteiger partial charge in [0, 0.05) is 42.2 Å². The number of carbonyl (C=O) groups excluding carboxylic acids is 1. The number of hydrogen-bond donors (Lipinski definition) is 1. The van der Waals surface area contributed by atoms with Gasteiger partial charge in [-0.15, -0.1) is 9.24 Å². The van der Waals surface area contributed by atoms with Gasteiger partial charge in [0.2, 0.25) is 0 Å². The van der Waals surface area contributed by atoms with Crippen LogP contribution in [0.3, 0.4) is 0 Å². The second kappa shape index (κ2) is 10.8. The lowest BCUT2D eigenvalue weighted by atomic mass is 9.96. The number of benzene rings is 1. The first kappa shape index (κ1) is 25.9. The van der Waals surface area contributed by atoms with Crippen LogP contribution in [0, 0.1) is 0 Å². The van der Waals surface area contributed by atoms with Crippen molar-refractivity contribution in [3.05, 3.63) is 65.6 Å². The Labute approximate surface area is 215 Å². The molecule has 2 N–H and O–H groups in total. The van der Waals surface area contributed by atoms with Gasteiger partial charge in [-0.2, -0.15) is 5.10 Å². The number of pyridine rings is 1. The molecule has 0 radical (unpaired) electrons. The minimum absolute atomic E-state index is 0.143. The van der Waals surface area contributed by atoms with Gasteiger partial charge in [-0.05, 0) is 56.9 Å². The minimum Gasteiger partial charge on any atom is -0.462 e. The average Bonchev–Trinajstić information content (AvgIpc) is 3.43. The molecule has 0 bridgehead atoms. The first-order valence-corrected chi connectivity index (χ1v) is 13.1. The zero-order chi connectivity index (χ0) is 25.9. The Bertz CT molecular complexity index is 1260. The number of anilines is 2. The average molecular weight is 506 g/mol. The van der Waals surface area contributed by atoms with Crippen LogP contribution in [0.25, 0.3) is 17.2 Å². The van der Waals surface area contributed by atoms with Crippen LogP contribution < -0.4 is 10.6 Å². The van der Waals surface area contributed by atoms with Crippen molar-refractivity contribution in [2.75, 3.05) is 30.3 Å². The Morgan fingerprint density at radius 2 is 2.06 bits per heavy atom. The van der Waals surface area contributed by atoms with Gasteiger partial charge in [-0.25, -0.2) is 9.78 Å². The van der Waals surface area contributed by atoms with Crippen LogP contribution in [-0.2, 0) is 11.2 Å². The number of nitrogen functional groups attached to an aromatic ring is 1. The zero-order valence-electron chi connectivity index (χ0n) is 21.6. The molecule has 4 rings (SSSR count). The highest BCUT2D eigenvalue weighted by Crippen LogP contribution is 2.38. The van der Waals surface area contributed by atoms with Gasteiger partial charge in [0.05, 0.1) is 18.0 Å². The maximum atomic E-state index is 12.5. The zero-order valence-corrected chi connectivity index (χ0v) is 22.7. The molecule has 1 aliphatic heterocycles. The van der Waals surface area contributed by atoms with Crippen LogP contribution in [0.1, 0.15) is 61.8 Å². The van der Waals surface area contributed by atoms with Crippen molar-refractivity contribution < 1.29 is 9.53 Å². The number of rotatable bonds is 8. The number of nitrogens with zero attached hydrogens (tertiary/aromatic N) is 4. The number of ether oxygens (including phenoxy) is 1. The van der Waals surface area contributed by atoms with Gasteiger partial charge in [0.1, 0.15) is 5.56 Å². The summed E-state index contributed by atoms with van der Waals surface area (Å²) in [7, 11) is 2.96. The predicted molar refractivity (Wildman–Crippen MR) is 150 cm³/mol. The van der Waals surface area contributed by atoms with Crippen molar-refractivity contribution in [3.8, 4) is 11.1 Å². The molecule has 2 unspecified atom stereocenters. The standard InChI is InChI=1S/C28H36N5O2P/c1-5-35-27(34)23-17-33(19(2)3)31-24(23)12-8-10-20-9-6-7-11-21(20)22-13-15-30-26(25(22)29)32-16-14-28(4,36)18-32/h6-9,11-13,15,17,19H,5,10,14,16,18,29,36H2,1-4H3/b12-8+. The third-order valence-electron chi connectivity index (χ3n) is 6.48. The van der Waals surface area contributed by atoms with Crippen LogP contribution >= 0.6 is 9.24 Å². The smallest absolute Gasteiger partial charge is 0.341 e. The summed E-state index contributed by atoms with van der Waals surface area (Å²) in [5.41, 5.74) is 11.7. The number of aromatic nitrogens is 3. The molecule has 3 aromatic rings. The van der Waals surface area contributed by atoms with E-state index >= 15 is 0 Å². The van der Waals surface area contributed by atoms with E-state index in [0.29, 0.717) is 30.0 Å². The quantitative estimate of drug-likeness (QED) is 0.327. The maximum absolute atomic E-state index is 12.5. The van der Waals surface area contributed by atoms with Crippen LogP contribution in [-0.4, -0.2) is 45.6 Å². The van der Waals surface area contributed by atoms with Crippen LogP contribution in [0.15, 0.2) is 48.8 Å². The largest absolute Gasteiger partial charge is 0.462 e. The first-order valence-electron chi connectivity index (χ1n) is 12.5. The molecule has 2 atom stereocenters. The second-order valence-corrected chi connectivity index (χ2v) is 11.3. The first-order chi connectivity index (χ1) is 17.2. The molecule has 1 saturated heterocycles. The lowest BCUT2D eigenvalue weighted by molar-refractivity contribution is 0.0526. The van der Waals surface area contributed by atoms with E-state index in [0.717, 1.165) is 42.0 Å². The Balaban J connectivity index is 1.61. The molecule has 0 aliphatic carbocycles. The van der Waals surface area contributed by atoms with Crippen LogP contribution in [0.5, 0.6) is 0 Å². The SMILES string of the molecule is CCOC(=O)c1cn(C(C)C)nc1/C=C/Cc1ccccc1-c1ccnc(N2CCC(C)(P)C2)c1N. The van der Waals surface area contributed by atoms with E-state index in [4.69, 9.17) is 10.5 Å². The topological polar surface area (TPSA) is 86.3 Å². The number of nitrogens with two attached hydrogens (primary N) is 1. The van der Waals surface area contributed by atoms with Gasteiger partial charge < -0.3 is 15.4 Å². The Hall–Kier alpha value is -3.18. The van der Waals surface area contributed by atoms with Crippen molar-refractivity contribution in [2.24, 2.45) is 0 Å². The summed E-state index contributed by atoms with van der Waals surface area (Å²) in [4.78, 5) is 19.4. The van der Waals surface area contributed by atoms with E-state index in [2.05, 4.69) is 43.3 Å². The van der Waals surface area contributed by atoms with Gasteiger partial charge in [0.25, 0.3) is 0 Å².